The second kappa shape index (κ2) is 5.23. The Kier molecular flexibility index (Phi) is 4.31. The number of nitrogens with zero attached hydrogens (tertiary/aromatic N) is 1. The number of hydrogen-bond donors (Lipinski definition) is 1. The predicted octanol–water partition coefficient (Wildman–Crippen LogP) is 3.22. The Morgan fingerprint density at radius 3 is 2.42 bits per heavy atom. The molecule has 2 unspecified atom stereocenters. The molecule has 0 saturated carbocycles. The number of hydrogen-bond acceptors (Lipinski definition) is 3. The fourth-order valence-electron chi connectivity index (χ4n) is 3.87. The minimum atomic E-state index is 0.256. The van der Waals surface area contributed by atoms with E-state index in [4.69, 9.17) is 5.73 Å². The van der Waals surface area contributed by atoms with E-state index in [1.807, 2.05) is 0 Å². The first-order chi connectivity index (χ1) is 8.69. The van der Waals surface area contributed by atoms with Gasteiger partial charge in [0.2, 0.25) is 0 Å². The van der Waals surface area contributed by atoms with Crippen LogP contribution in [0.25, 0.3) is 0 Å². The summed E-state index contributed by atoms with van der Waals surface area (Å²) in [7, 11) is 0. The fourth-order valence-corrected chi connectivity index (χ4v) is 5.41. The van der Waals surface area contributed by atoms with E-state index >= 15 is 0 Å². The molecule has 3 heteroatoms. The summed E-state index contributed by atoms with van der Waals surface area (Å²) in [6.07, 6.45) is 2.61. The topological polar surface area (TPSA) is 29.3 Å². The first-order valence-electron chi connectivity index (χ1n) is 7.71. The zero-order chi connectivity index (χ0) is 14.3. The quantitative estimate of drug-likeness (QED) is 0.844. The average Bonchev–Trinajstić information content (AvgIpc) is 2.76. The third-order valence-electron chi connectivity index (χ3n) is 5.13. The van der Waals surface area contributed by atoms with Gasteiger partial charge in [-0.1, -0.05) is 34.6 Å². The summed E-state index contributed by atoms with van der Waals surface area (Å²) in [6.45, 7) is 15.3. The van der Waals surface area contributed by atoms with E-state index in [1.54, 1.807) is 0 Å². The Balaban J connectivity index is 2.11. The molecule has 2 heterocycles. The Hall–Kier alpha value is 0.270. The number of nitrogens with two attached hydrogens (primary N) is 1. The van der Waals surface area contributed by atoms with Gasteiger partial charge in [-0.05, 0) is 41.9 Å². The van der Waals surface area contributed by atoms with E-state index in [0.29, 0.717) is 10.8 Å². The van der Waals surface area contributed by atoms with Crippen molar-refractivity contribution in [3.05, 3.63) is 0 Å². The second-order valence-corrected chi connectivity index (χ2v) is 9.55. The molecule has 2 aliphatic rings. The summed E-state index contributed by atoms with van der Waals surface area (Å²) in [5.41, 5.74) is 7.36. The molecular weight excluding hydrogens is 252 g/mol. The normalized spacial score (nSPS) is 36.6. The summed E-state index contributed by atoms with van der Waals surface area (Å²) in [6, 6.07) is 0. The van der Waals surface area contributed by atoms with Gasteiger partial charge in [-0.2, -0.15) is 11.8 Å². The van der Waals surface area contributed by atoms with Crippen LogP contribution in [0.4, 0.5) is 0 Å². The molecular formula is C16H32N2S. The summed E-state index contributed by atoms with van der Waals surface area (Å²) in [5, 5.41) is 0. The van der Waals surface area contributed by atoms with Gasteiger partial charge in [0.15, 0.2) is 0 Å². The van der Waals surface area contributed by atoms with E-state index < -0.39 is 0 Å². The molecule has 0 amide bonds. The summed E-state index contributed by atoms with van der Waals surface area (Å²) in [4.78, 5) is 2.73. The molecule has 0 spiro atoms. The van der Waals surface area contributed by atoms with Crippen LogP contribution in [0.2, 0.25) is 0 Å². The molecule has 2 aliphatic heterocycles. The lowest BCUT2D eigenvalue weighted by Gasteiger charge is -2.49. The third kappa shape index (κ3) is 3.30. The van der Waals surface area contributed by atoms with Crippen molar-refractivity contribution in [2.24, 2.45) is 22.5 Å². The maximum atomic E-state index is 6.24. The lowest BCUT2D eigenvalue weighted by Crippen LogP contribution is -2.59. The van der Waals surface area contributed by atoms with Crippen molar-refractivity contribution in [1.29, 1.82) is 0 Å². The zero-order valence-corrected chi connectivity index (χ0v) is 14.3. The van der Waals surface area contributed by atoms with Crippen LogP contribution in [-0.4, -0.2) is 41.6 Å². The predicted molar refractivity (Wildman–Crippen MR) is 86.6 cm³/mol. The van der Waals surface area contributed by atoms with Crippen molar-refractivity contribution >= 4 is 11.8 Å². The summed E-state index contributed by atoms with van der Waals surface area (Å²) < 4.78 is 0. The maximum Gasteiger partial charge on any atom is 0.0427 e. The number of thioether (sulfide) groups is 1. The third-order valence-corrected chi connectivity index (χ3v) is 6.86. The van der Waals surface area contributed by atoms with Gasteiger partial charge in [-0.25, -0.2) is 0 Å². The van der Waals surface area contributed by atoms with Crippen molar-refractivity contribution in [3.63, 3.8) is 0 Å². The minimum absolute atomic E-state index is 0.256. The van der Waals surface area contributed by atoms with Crippen LogP contribution >= 0.6 is 11.8 Å². The molecule has 2 rings (SSSR count). The highest BCUT2D eigenvalue weighted by molar-refractivity contribution is 7.99. The van der Waals surface area contributed by atoms with E-state index in [9.17, 15) is 0 Å². The van der Waals surface area contributed by atoms with Crippen LogP contribution in [0.3, 0.4) is 0 Å². The van der Waals surface area contributed by atoms with E-state index in [0.717, 1.165) is 12.5 Å². The molecule has 19 heavy (non-hydrogen) atoms. The smallest absolute Gasteiger partial charge is 0.0427 e. The Labute approximate surface area is 123 Å². The molecule has 0 aromatic carbocycles. The van der Waals surface area contributed by atoms with E-state index in [-0.39, 0.29) is 5.54 Å². The summed E-state index contributed by atoms with van der Waals surface area (Å²) >= 11 is 2.11. The highest BCUT2D eigenvalue weighted by Crippen LogP contribution is 2.45. The lowest BCUT2D eigenvalue weighted by molar-refractivity contribution is 0.0806. The van der Waals surface area contributed by atoms with Crippen molar-refractivity contribution < 1.29 is 0 Å². The molecule has 2 atom stereocenters. The molecule has 2 N–H and O–H groups in total. The second-order valence-electron chi connectivity index (χ2n) is 8.56. The van der Waals surface area contributed by atoms with Gasteiger partial charge in [-0.15, -0.1) is 0 Å². The van der Waals surface area contributed by atoms with Crippen LogP contribution in [-0.2, 0) is 0 Å². The molecule has 2 nitrogen and oxygen atoms in total. The van der Waals surface area contributed by atoms with Gasteiger partial charge in [0.25, 0.3) is 0 Å². The van der Waals surface area contributed by atoms with Crippen LogP contribution in [0, 0.1) is 16.7 Å². The van der Waals surface area contributed by atoms with Crippen LogP contribution in [0.1, 0.15) is 47.5 Å². The van der Waals surface area contributed by atoms with E-state index in [2.05, 4.69) is 51.3 Å². The Morgan fingerprint density at radius 2 is 1.95 bits per heavy atom. The minimum Gasteiger partial charge on any atom is -0.329 e. The van der Waals surface area contributed by atoms with Crippen LogP contribution < -0.4 is 5.73 Å². The SMILES string of the molecule is CC1(C)CSCC(CN)(N2CCC(C(C)(C)C)C2)C1. The van der Waals surface area contributed by atoms with Crippen LogP contribution in [0.15, 0.2) is 0 Å². The summed E-state index contributed by atoms with van der Waals surface area (Å²) in [5.74, 6) is 3.33. The highest BCUT2D eigenvalue weighted by Gasteiger charge is 2.47. The zero-order valence-electron chi connectivity index (χ0n) is 13.5. The fraction of sp³-hybridized carbons (Fsp3) is 1.00. The Bertz CT molecular complexity index is 321. The van der Waals surface area contributed by atoms with Crippen molar-refractivity contribution in [2.75, 3.05) is 31.1 Å². The first kappa shape index (κ1) is 15.7. The first-order valence-corrected chi connectivity index (χ1v) is 8.87. The molecule has 0 aromatic heterocycles. The molecule has 2 fully saturated rings. The van der Waals surface area contributed by atoms with Crippen molar-refractivity contribution in [2.45, 2.75) is 53.0 Å². The van der Waals surface area contributed by atoms with Gasteiger partial charge in [0.1, 0.15) is 0 Å². The van der Waals surface area contributed by atoms with Crippen LogP contribution in [0.5, 0.6) is 0 Å². The van der Waals surface area contributed by atoms with Gasteiger partial charge in [-0.3, -0.25) is 4.90 Å². The average molecular weight is 285 g/mol. The number of likely N-dealkylation sites (tertiary alicyclic amines) is 1. The molecule has 0 aliphatic carbocycles. The Morgan fingerprint density at radius 1 is 1.26 bits per heavy atom. The molecule has 112 valence electrons. The van der Waals surface area contributed by atoms with Gasteiger partial charge in [0, 0.05) is 24.4 Å². The van der Waals surface area contributed by atoms with Gasteiger partial charge in [0.05, 0.1) is 0 Å². The van der Waals surface area contributed by atoms with Crippen molar-refractivity contribution in [3.8, 4) is 0 Å². The monoisotopic (exact) mass is 284 g/mol. The molecule has 0 aromatic rings. The molecule has 0 radical (unpaired) electrons. The highest BCUT2D eigenvalue weighted by atomic mass is 32.2. The molecule has 2 saturated heterocycles. The number of rotatable bonds is 2. The maximum absolute atomic E-state index is 6.24. The lowest BCUT2D eigenvalue weighted by atomic mass is 9.78. The molecule has 0 bridgehead atoms. The van der Waals surface area contributed by atoms with Gasteiger partial charge < -0.3 is 5.73 Å². The van der Waals surface area contributed by atoms with Crippen molar-refractivity contribution in [1.82, 2.24) is 4.90 Å². The van der Waals surface area contributed by atoms with Gasteiger partial charge >= 0.3 is 0 Å². The largest absolute Gasteiger partial charge is 0.329 e. The standard InChI is InChI=1S/C16H32N2S/c1-14(2,3)13-6-7-18(8-13)16(10-17)9-15(4,5)11-19-12-16/h13H,6-12,17H2,1-5H3. The van der Waals surface area contributed by atoms with E-state index in [1.165, 1.54) is 37.4 Å².